The summed E-state index contributed by atoms with van der Waals surface area (Å²) in [6.45, 7) is 1.79. The highest BCUT2D eigenvalue weighted by molar-refractivity contribution is 7.89. The monoisotopic (exact) mass is 298 g/mol. The Kier molecular flexibility index (Phi) is 4.22. The van der Waals surface area contributed by atoms with E-state index in [9.17, 15) is 12.8 Å². The van der Waals surface area contributed by atoms with E-state index in [2.05, 4.69) is 4.72 Å². The van der Waals surface area contributed by atoms with Crippen molar-refractivity contribution in [1.82, 2.24) is 4.72 Å². The van der Waals surface area contributed by atoms with Crippen molar-refractivity contribution in [2.24, 2.45) is 5.73 Å². The van der Waals surface area contributed by atoms with Crippen LogP contribution in [0.1, 0.15) is 24.3 Å². The molecule has 1 aromatic heterocycles. The zero-order valence-corrected chi connectivity index (χ0v) is 11.7. The highest BCUT2D eigenvalue weighted by Crippen LogP contribution is 2.19. The molecule has 0 spiro atoms. The molecular formula is C13H15FN2O3S. The number of sulfonamides is 1. The first-order valence-electron chi connectivity index (χ1n) is 5.99. The van der Waals surface area contributed by atoms with E-state index in [-0.39, 0.29) is 17.5 Å². The molecule has 1 aromatic carbocycles. The molecule has 0 fully saturated rings. The SMILES string of the molecule is CC(NS(=O)(=O)c1ccc(CN)o1)c1ccc(F)cc1. The lowest BCUT2D eigenvalue weighted by molar-refractivity contribution is 0.411. The van der Waals surface area contributed by atoms with E-state index < -0.39 is 16.1 Å². The van der Waals surface area contributed by atoms with Crippen molar-refractivity contribution in [2.45, 2.75) is 24.6 Å². The van der Waals surface area contributed by atoms with E-state index in [1.165, 1.54) is 36.4 Å². The average Bonchev–Trinajstić information content (AvgIpc) is 2.88. The summed E-state index contributed by atoms with van der Waals surface area (Å²) in [7, 11) is -3.77. The Balaban J connectivity index is 2.17. The van der Waals surface area contributed by atoms with Crippen LogP contribution in [0.25, 0.3) is 0 Å². The van der Waals surface area contributed by atoms with Crippen molar-refractivity contribution in [3.63, 3.8) is 0 Å². The van der Waals surface area contributed by atoms with Crippen molar-refractivity contribution < 1.29 is 17.2 Å². The van der Waals surface area contributed by atoms with Crippen molar-refractivity contribution >= 4 is 10.0 Å². The predicted molar refractivity (Wildman–Crippen MR) is 71.7 cm³/mol. The molecule has 2 rings (SSSR count). The van der Waals surface area contributed by atoms with Gasteiger partial charge in [-0.1, -0.05) is 12.1 Å². The second-order valence-electron chi connectivity index (χ2n) is 4.32. The number of rotatable bonds is 5. The molecule has 0 aliphatic heterocycles. The first-order chi connectivity index (χ1) is 9.42. The minimum absolute atomic E-state index is 0.128. The molecule has 0 aliphatic carbocycles. The molecule has 0 saturated carbocycles. The van der Waals surface area contributed by atoms with Crippen LogP contribution in [-0.4, -0.2) is 8.42 Å². The minimum Gasteiger partial charge on any atom is -0.447 e. The molecule has 20 heavy (non-hydrogen) atoms. The number of hydrogen-bond donors (Lipinski definition) is 2. The van der Waals surface area contributed by atoms with E-state index in [1.807, 2.05) is 0 Å². The van der Waals surface area contributed by atoms with Crippen LogP contribution in [0.4, 0.5) is 4.39 Å². The van der Waals surface area contributed by atoms with Crippen molar-refractivity contribution in [1.29, 1.82) is 0 Å². The van der Waals surface area contributed by atoms with Gasteiger partial charge in [-0.15, -0.1) is 0 Å². The van der Waals surface area contributed by atoms with Gasteiger partial charge in [0.25, 0.3) is 10.0 Å². The Bertz CT molecular complexity index is 680. The lowest BCUT2D eigenvalue weighted by Gasteiger charge is -2.13. The fraction of sp³-hybridized carbons (Fsp3) is 0.231. The summed E-state index contributed by atoms with van der Waals surface area (Å²) < 4.78 is 44.6. The molecule has 2 aromatic rings. The molecule has 0 saturated heterocycles. The summed E-state index contributed by atoms with van der Waals surface area (Å²) in [5, 5.41) is -0.188. The molecule has 0 radical (unpaired) electrons. The second kappa shape index (κ2) is 5.74. The number of halogens is 1. The quantitative estimate of drug-likeness (QED) is 0.883. The first-order valence-corrected chi connectivity index (χ1v) is 7.47. The van der Waals surface area contributed by atoms with Gasteiger partial charge in [0.1, 0.15) is 11.6 Å². The number of nitrogens with two attached hydrogens (primary N) is 1. The van der Waals surface area contributed by atoms with E-state index in [1.54, 1.807) is 6.92 Å². The zero-order chi connectivity index (χ0) is 14.8. The Morgan fingerprint density at radius 2 is 1.90 bits per heavy atom. The fourth-order valence-corrected chi connectivity index (χ4v) is 2.90. The third kappa shape index (κ3) is 3.24. The highest BCUT2D eigenvalue weighted by atomic mass is 32.2. The van der Waals surface area contributed by atoms with Gasteiger partial charge in [0.2, 0.25) is 5.09 Å². The number of furan rings is 1. The van der Waals surface area contributed by atoms with Crippen molar-refractivity contribution in [3.8, 4) is 0 Å². The van der Waals surface area contributed by atoms with Gasteiger partial charge in [0, 0.05) is 6.04 Å². The van der Waals surface area contributed by atoms with Gasteiger partial charge >= 0.3 is 0 Å². The maximum absolute atomic E-state index is 12.8. The highest BCUT2D eigenvalue weighted by Gasteiger charge is 2.21. The zero-order valence-electron chi connectivity index (χ0n) is 10.8. The molecule has 7 heteroatoms. The minimum atomic E-state index is -3.77. The van der Waals surface area contributed by atoms with Gasteiger partial charge in [-0.25, -0.2) is 17.5 Å². The number of nitrogens with one attached hydrogen (secondary N) is 1. The second-order valence-corrected chi connectivity index (χ2v) is 5.96. The average molecular weight is 298 g/mol. The van der Waals surface area contributed by atoms with E-state index in [0.717, 1.165) is 0 Å². The van der Waals surface area contributed by atoms with E-state index >= 15 is 0 Å². The molecule has 0 bridgehead atoms. The maximum atomic E-state index is 12.8. The largest absolute Gasteiger partial charge is 0.447 e. The Labute approximate surface area is 116 Å². The molecule has 108 valence electrons. The molecule has 0 aliphatic rings. The summed E-state index contributed by atoms with van der Waals surface area (Å²) in [6.07, 6.45) is 0. The van der Waals surface area contributed by atoms with Gasteiger partial charge in [-0.2, -0.15) is 0 Å². The standard InChI is InChI=1S/C13H15FN2O3S/c1-9(10-2-4-11(14)5-3-10)16-20(17,18)13-7-6-12(8-15)19-13/h2-7,9,16H,8,15H2,1H3. The van der Waals surface area contributed by atoms with Crippen LogP contribution in [0.3, 0.4) is 0 Å². The van der Waals surface area contributed by atoms with Gasteiger partial charge in [0.05, 0.1) is 6.54 Å². The van der Waals surface area contributed by atoms with Crippen LogP contribution in [0.5, 0.6) is 0 Å². The van der Waals surface area contributed by atoms with Crippen LogP contribution in [0.15, 0.2) is 45.9 Å². The van der Waals surface area contributed by atoms with Gasteiger partial charge < -0.3 is 10.2 Å². The van der Waals surface area contributed by atoms with Gasteiger partial charge in [-0.3, -0.25) is 0 Å². The van der Waals surface area contributed by atoms with E-state index in [0.29, 0.717) is 11.3 Å². The van der Waals surface area contributed by atoms with Gasteiger partial charge in [0.15, 0.2) is 0 Å². The smallest absolute Gasteiger partial charge is 0.274 e. The third-order valence-corrected chi connectivity index (χ3v) is 4.22. The molecule has 5 nitrogen and oxygen atoms in total. The molecule has 3 N–H and O–H groups in total. The van der Waals surface area contributed by atoms with Crippen molar-refractivity contribution in [2.75, 3.05) is 0 Å². The predicted octanol–water partition coefficient (Wildman–Crippen LogP) is 1.92. The first kappa shape index (κ1) is 14.7. The summed E-state index contributed by atoms with van der Waals surface area (Å²) in [6, 6.07) is 7.95. The van der Waals surface area contributed by atoms with E-state index in [4.69, 9.17) is 10.2 Å². The van der Waals surface area contributed by atoms with Crippen LogP contribution < -0.4 is 10.5 Å². The fourth-order valence-electron chi connectivity index (χ4n) is 1.72. The molecule has 1 atom stereocenters. The summed E-state index contributed by atoms with van der Waals surface area (Å²) in [5.74, 6) is 0.0160. The molecule has 1 unspecified atom stereocenters. The maximum Gasteiger partial charge on any atom is 0.274 e. The van der Waals surface area contributed by atoms with Crippen LogP contribution in [-0.2, 0) is 16.6 Å². The van der Waals surface area contributed by atoms with Crippen LogP contribution in [0.2, 0.25) is 0 Å². The third-order valence-electron chi connectivity index (χ3n) is 2.80. The lowest BCUT2D eigenvalue weighted by Crippen LogP contribution is -2.26. The summed E-state index contributed by atoms with van der Waals surface area (Å²) >= 11 is 0. The molecule has 0 amide bonds. The topological polar surface area (TPSA) is 85.3 Å². The molecular weight excluding hydrogens is 283 g/mol. The number of benzene rings is 1. The normalized spacial score (nSPS) is 13.3. The van der Waals surface area contributed by atoms with Crippen molar-refractivity contribution in [3.05, 3.63) is 53.5 Å². The Morgan fingerprint density at radius 3 is 2.45 bits per heavy atom. The summed E-state index contributed by atoms with van der Waals surface area (Å²) in [4.78, 5) is 0. The lowest BCUT2D eigenvalue weighted by atomic mass is 10.1. The number of hydrogen-bond acceptors (Lipinski definition) is 4. The molecule has 1 heterocycles. The van der Waals surface area contributed by atoms with Gasteiger partial charge in [-0.05, 0) is 36.8 Å². The van der Waals surface area contributed by atoms with Crippen LogP contribution in [0, 0.1) is 5.82 Å². The Hall–Kier alpha value is -1.70. The van der Waals surface area contributed by atoms with Crippen LogP contribution >= 0.6 is 0 Å². The summed E-state index contributed by atoms with van der Waals surface area (Å²) in [5.41, 5.74) is 6.02. The Morgan fingerprint density at radius 1 is 1.25 bits per heavy atom.